The number of hydrogen-bond acceptors (Lipinski definition) is 6. The van der Waals surface area contributed by atoms with Gasteiger partial charge in [0.2, 0.25) is 0 Å². The zero-order valence-electron chi connectivity index (χ0n) is 12.9. The first-order valence-electron chi connectivity index (χ1n) is 7.30. The Morgan fingerprint density at radius 3 is 2.90 bits per heavy atom. The molecule has 0 aromatic carbocycles. The van der Waals surface area contributed by atoms with Gasteiger partial charge in [0, 0.05) is 20.2 Å². The maximum atomic E-state index is 9.18. The molecule has 1 saturated heterocycles. The number of nitriles is 1. The molecule has 1 aromatic heterocycles. The Balaban J connectivity index is 2.18. The molecule has 2 heterocycles. The van der Waals surface area contributed by atoms with Crippen molar-refractivity contribution in [2.24, 2.45) is 5.92 Å². The molecule has 0 saturated carbocycles. The molecule has 116 valence electrons. The summed E-state index contributed by atoms with van der Waals surface area (Å²) >= 11 is 1.40. The van der Waals surface area contributed by atoms with E-state index < -0.39 is 0 Å². The number of ether oxygens (including phenoxy) is 2. The van der Waals surface area contributed by atoms with E-state index in [9.17, 15) is 5.26 Å². The highest BCUT2D eigenvalue weighted by molar-refractivity contribution is 7.17. The number of thiophene rings is 1. The molecule has 1 atom stereocenters. The van der Waals surface area contributed by atoms with Gasteiger partial charge in [-0.3, -0.25) is 0 Å². The van der Waals surface area contributed by atoms with E-state index in [4.69, 9.17) is 15.2 Å². The molecule has 6 heteroatoms. The van der Waals surface area contributed by atoms with Crippen LogP contribution >= 0.6 is 11.3 Å². The lowest BCUT2D eigenvalue weighted by atomic mass is 10.0. The van der Waals surface area contributed by atoms with Crippen molar-refractivity contribution in [3.8, 4) is 11.8 Å². The molecule has 0 bridgehead atoms. The molecule has 0 amide bonds. The summed E-state index contributed by atoms with van der Waals surface area (Å²) in [7, 11) is 2.02. The van der Waals surface area contributed by atoms with Crippen LogP contribution in [0.1, 0.15) is 31.6 Å². The second-order valence-corrected chi connectivity index (χ2v) is 6.72. The van der Waals surface area contributed by atoms with Gasteiger partial charge in [0.1, 0.15) is 21.6 Å². The average Bonchev–Trinajstić information content (AvgIpc) is 2.76. The second-order valence-electron chi connectivity index (χ2n) is 5.72. The van der Waals surface area contributed by atoms with Gasteiger partial charge < -0.3 is 20.1 Å². The van der Waals surface area contributed by atoms with E-state index in [-0.39, 0.29) is 6.10 Å². The Kier molecular flexibility index (Phi) is 5.32. The van der Waals surface area contributed by atoms with Crippen LogP contribution < -0.4 is 15.4 Å². The fourth-order valence-corrected chi connectivity index (χ4v) is 3.44. The summed E-state index contributed by atoms with van der Waals surface area (Å²) in [5.41, 5.74) is 6.50. The molecule has 1 aliphatic heterocycles. The van der Waals surface area contributed by atoms with Crippen LogP contribution in [0.3, 0.4) is 0 Å². The predicted octanol–water partition coefficient (Wildman–Crippen LogP) is 2.85. The number of hydrogen-bond donors (Lipinski definition) is 1. The van der Waals surface area contributed by atoms with Gasteiger partial charge in [-0.1, -0.05) is 0 Å². The van der Waals surface area contributed by atoms with Gasteiger partial charge in [0.15, 0.2) is 5.75 Å². The normalized spacial score (nSPS) is 18.5. The second kappa shape index (κ2) is 7.01. The standard InChI is InChI=1S/C15H23N3O2S/c1-10(2)20-14-13(17)12(7-16)21-15(14)18(3)8-11-5-4-6-19-9-11/h10-11H,4-6,8-9,17H2,1-3H3. The fourth-order valence-electron chi connectivity index (χ4n) is 2.52. The minimum Gasteiger partial charge on any atom is -0.486 e. The van der Waals surface area contributed by atoms with E-state index in [1.807, 2.05) is 20.9 Å². The largest absolute Gasteiger partial charge is 0.486 e. The van der Waals surface area contributed by atoms with Crippen molar-refractivity contribution in [1.29, 1.82) is 5.26 Å². The highest BCUT2D eigenvalue weighted by Gasteiger charge is 2.24. The number of rotatable bonds is 5. The summed E-state index contributed by atoms with van der Waals surface area (Å²) in [6.45, 7) is 6.48. The molecule has 1 unspecified atom stereocenters. The lowest BCUT2D eigenvalue weighted by Crippen LogP contribution is -2.30. The SMILES string of the molecule is CC(C)Oc1c(N(C)CC2CCCOC2)sc(C#N)c1N. The Bertz CT molecular complexity index is 516. The summed E-state index contributed by atoms with van der Waals surface area (Å²) in [4.78, 5) is 2.66. The maximum absolute atomic E-state index is 9.18. The molecule has 0 spiro atoms. The molecule has 1 aromatic rings. The van der Waals surface area contributed by atoms with Crippen LogP contribution in [0.25, 0.3) is 0 Å². The van der Waals surface area contributed by atoms with Gasteiger partial charge in [-0.2, -0.15) is 5.26 Å². The van der Waals surface area contributed by atoms with Gasteiger partial charge in [-0.05, 0) is 32.6 Å². The minimum absolute atomic E-state index is 0.0265. The highest BCUT2D eigenvalue weighted by Crippen LogP contribution is 2.45. The first-order valence-corrected chi connectivity index (χ1v) is 8.12. The summed E-state index contributed by atoms with van der Waals surface area (Å²) in [5, 5.41) is 10.1. The van der Waals surface area contributed by atoms with Crippen molar-refractivity contribution in [3.05, 3.63) is 4.88 Å². The maximum Gasteiger partial charge on any atom is 0.178 e. The summed E-state index contributed by atoms with van der Waals surface area (Å²) < 4.78 is 11.4. The van der Waals surface area contributed by atoms with Crippen LogP contribution in [0.15, 0.2) is 0 Å². The first-order chi connectivity index (χ1) is 10.0. The fraction of sp³-hybridized carbons (Fsp3) is 0.667. The third-order valence-electron chi connectivity index (χ3n) is 3.47. The van der Waals surface area contributed by atoms with Crippen molar-refractivity contribution < 1.29 is 9.47 Å². The van der Waals surface area contributed by atoms with Crippen LogP contribution in [-0.2, 0) is 4.74 Å². The van der Waals surface area contributed by atoms with Gasteiger partial charge in [-0.15, -0.1) is 11.3 Å². The van der Waals surface area contributed by atoms with Crippen LogP contribution in [0.2, 0.25) is 0 Å². The van der Waals surface area contributed by atoms with Gasteiger partial charge >= 0.3 is 0 Å². The van der Waals surface area contributed by atoms with Crippen LogP contribution in [0.4, 0.5) is 10.7 Å². The zero-order valence-corrected chi connectivity index (χ0v) is 13.7. The summed E-state index contributed by atoms with van der Waals surface area (Å²) in [6, 6.07) is 2.15. The monoisotopic (exact) mass is 309 g/mol. The van der Waals surface area contributed by atoms with Crippen molar-refractivity contribution >= 4 is 22.0 Å². The van der Waals surface area contributed by atoms with Crippen LogP contribution in [-0.4, -0.2) is 32.9 Å². The third kappa shape index (κ3) is 3.80. The quantitative estimate of drug-likeness (QED) is 0.905. The van der Waals surface area contributed by atoms with E-state index in [1.165, 1.54) is 17.8 Å². The van der Waals surface area contributed by atoms with E-state index in [1.54, 1.807) is 0 Å². The van der Waals surface area contributed by atoms with E-state index >= 15 is 0 Å². The zero-order chi connectivity index (χ0) is 15.4. The molecular formula is C15H23N3O2S. The third-order valence-corrected chi connectivity index (χ3v) is 4.68. The van der Waals surface area contributed by atoms with Gasteiger partial charge in [-0.25, -0.2) is 0 Å². The molecule has 0 radical (unpaired) electrons. The topological polar surface area (TPSA) is 71.5 Å². The molecule has 0 aliphatic carbocycles. The lowest BCUT2D eigenvalue weighted by Gasteiger charge is -2.28. The number of nitrogen functional groups attached to an aromatic ring is 1. The van der Waals surface area contributed by atoms with Crippen LogP contribution in [0.5, 0.6) is 5.75 Å². The first kappa shape index (κ1) is 15.9. The molecule has 2 N–H and O–H groups in total. The van der Waals surface area contributed by atoms with Gasteiger partial charge in [0.25, 0.3) is 0 Å². The molecular weight excluding hydrogens is 286 g/mol. The Hall–Kier alpha value is -1.45. The van der Waals surface area contributed by atoms with Crippen LogP contribution in [0, 0.1) is 17.2 Å². The van der Waals surface area contributed by atoms with Crippen molar-refractivity contribution in [1.82, 2.24) is 0 Å². The molecule has 5 nitrogen and oxygen atoms in total. The van der Waals surface area contributed by atoms with Gasteiger partial charge in [0.05, 0.1) is 12.7 Å². The van der Waals surface area contributed by atoms with Crippen molar-refractivity contribution in [2.45, 2.75) is 32.8 Å². The minimum atomic E-state index is 0.0265. The average molecular weight is 309 g/mol. The van der Waals surface area contributed by atoms with E-state index in [2.05, 4.69) is 11.0 Å². The van der Waals surface area contributed by atoms with Crippen molar-refractivity contribution in [2.75, 3.05) is 37.4 Å². The number of nitrogens with zero attached hydrogens (tertiary/aromatic N) is 2. The number of nitrogens with two attached hydrogens (primary N) is 1. The van der Waals surface area contributed by atoms with E-state index in [0.29, 0.717) is 22.2 Å². The van der Waals surface area contributed by atoms with E-state index in [0.717, 1.165) is 31.2 Å². The lowest BCUT2D eigenvalue weighted by molar-refractivity contribution is 0.0576. The van der Waals surface area contributed by atoms with Crippen molar-refractivity contribution in [3.63, 3.8) is 0 Å². The Morgan fingerprint density at radius 2 is 2.33 bits per heavy atom. The molecule has 2 rings (SSSR count). The smallest absolute Gasteiger partial charge is 0.178 e. The molecule has 1 aliphatic rings. The Labute approximate surface area is 130 Å². The molecule has 1 fully saturated rings. The Morgan fingerprint density at radius 1 is 1.57 bits per heavy atom. The molecule has 21 heavy (non-hydrogen) atoms. The number of anilines is 2. The summed E-state index contributed by atoms with van der Waals surface area (Å²) in [5.74, 6) is 1.16. The summed E-state index contributed by atoms with van der Waals surface area (Å²) in [6.07, 6.45) is 2.32. The predicted molar refractivity (Wildman–Crippen MR) is 86.0 cm³/mol. The highest BCUT2D eigenvalue weighted by atomic mass is 32.1.